The van der Waals surface area contributed by atoms with Gasteiger partial charge in [-0.15, -0.1) is 9.24 Å². The largest absolute Gasteiger partial charge is 0.493 e. The Morgan fingerprint density at radius 1 is 1.16 bits per heavy atom. The molecule has 5 rings (SSSR count). The number of anilines is 1. The fraction of sp³-hybridized carbons (Fsp3) is 0.607. The summed E-state index contributed by atoms with van der Waals surface area (Å²) < 4.78 is 31.2. The molecular formula is C28H38FN4O4P. The van der Waals surface area contributed by atoms with Gasteiger partial charge in [-0.3, -0.25) is 4.79 Å². The van der Waals surface area contributed by atoms with Crippen LogP contribution in [0.25, 0.3) is 0 Å². The molecule has 1 aromatic carbocycles. The summed E-state index contributed by atoms with van der Waals surface area (Å²) in [5.41, 5.74) is 1.41. The highest BCUT2D eigenvalue weighted by Gasteiger charge is 2.43. The number of morpholine rings is 1. The second-order valence-electron chi connectivity index (χ2n) is 10.6. The number of carbonyl (C=O) groups is 1. The van der Waals surface area contributed by atoms with E-state index in [2.05, 4.69) is 24.1 Å². The van der Waals surface area contributed by atoms with Crippen molar-refractivity contribution in [1.82, 2.24) is 14.9 Å². The SMILES string of the molecule is COCc1cnc(N2CCC(C3CC3CCOc3cc(F)c(CC(=O)N4CCOCC4)c(P)c3)CC2)nc1. The van der Waals surface area contributed by atoms with E-state index in [1.807, 2.05) is 18.5 Å². The molecule has 2 aromatic rings. The lowest BCUT2D eigenvalue weighted by atomic mass is 9.90. The van der Waals surface area contributed by atoms with Gasteiger partial charge < -0.3 is 24.0 Å². The smallest absolute Gasteiger partial charge is 0.227 e. The van der Waals surface area contributed by atoms with Gasteiger partial charge in [-0.2, -0.15) is 0 Å². The number of halogens is 1. The number of ether oxygens (including phenoxy) is 3. The Kier molecular flexibility index (Phi) is 9.08. The summed E-state index contributed by atoms with van der Waals surface area (Å²) in [6.45, 7) is 5.29. The Labute approximate surface area is 226 Å². The number of rotatable bonds is 10. The lowest BCUT2D eigenvalue weighted by Crippen LogP contribution is -2.41. The molecule has 0 radical (unpaired) electrons. The molecule has 0 spiro atoms. The molecule has 3 heterocycles. The zero-order chi connectivity index (χ0) is 26.5. The molecule has 3 aliphatic rings. The van der Waals surface area contributed by atoms with Gasteiger partial charge in [0.15, 0.2) is 0 Å². The van der Waals surface area contributed by atoms with E-state index in [-0.39, 0.29) is 18.1 Å². The third-order valence-electron chi connectivity index (χ3n) is 8.06. The second-order valence-corrected chi connectivity index (χ2v) is 11.2. The number of piperidine rings is 1. The van der Waals surface area contributed by atoms with E-state index in [1.54, 1.807) is 12.0 Å². The fourth-order valence-electron chi connectivity index (χ4n) is 5.77. The van der Waals surface area contributed by atoms with E-state index in [9.17, 15) is 9.18 Å². The summed E-state index contributed by atoms with van der Waals surface area (Å²) in [5, 5.41) is 0.676. The fourth-order valence-corrected chi connectivity index (χ4v) is 6.17. The molecule has 8 nitrogen and oxygen atoms in total. The number of aromatic nitrogens is 2. The Bertz CT molecular complexity index is 1070. The third-order valence-corrected chi connectivity index (χ3v) is 8.58. The molecule has 0 N–H and O–H groups in total. The van der Waals surface area contributed by atoms with Crippen LogP contribution in [0.15, 0.2) is 24.5 Å². The van der Waals surface area contributed by atoms with Crippen molar-refractivity contribution in [2.75, 3.05) is 58.0 Å². The van der Waals surface area contributed by atoms with Gasteiger partial charge in [0.25, 0.3) is 0 Å². The standard InChI is InChI=1S/C28H38FN4O4P/c1-35-18-19-16-30-28(31-17-19)33-5-2-20(3-6-33)23-12-21(23)4-9-37-22-13-25(29)24(26(38)14-22)15-27(34)32-7-10-36-11-8-32/h13-14,16-17,20-21,23H,2-12,15,18,38H2,1H3. The van der Waals surface area contributed by atoms with Crippen LogP contribution in [-0.4, -0.2) is 73.9 Å². The number of amides is 1. The van der Waals surface area contributed by atoms with Crippen LogP contribution in [0.4, 0.5) is 10.3 Å². The quantitative estimate of drug-likeness (QED) is 0.426. The molecule has 1 saturated carbocycles. The molecule has 1 aromatic heterocycles. The minimum atomic E-state index is -0.387. The van der Waals surface area contributed by atoms with Crippen LogP contribution in [0.5, 0.6) is 5.75 Å². The van der Waals surface area contributed by atoms with E-state index in [0.29, 0.717) is 62.1 Å². The Morgan fingerprint density at radius 2 is 1.89 bits per heavy atom. The highest BCUT2D eigenvalue weighted by atomic mass is 31.0. The second kappa shape index (κ2) is 12.7. The zero-order valence-electron chi connectivity index (χ0n) is 22.1. The first kappa shape index (κ1) is 27.2. The van der Waals surface area contributed by atoms with Crippen molar-refractivity contribution in [1.29, 1.82) is 0 Å². The number of benzene rings is 1. The van der Waals surface area contributed by atoms with Crippen molar-refractivity contribution in [3.05, 3.63) is 41.5 Å². The summed E-state index contributed by atoms with van der Waals surface area (Å²) >= 11 is 0. The number of hydrogen-bond acceptors (Lipinski definition) is 7. The van der Waals surface area contributed by atoms with Crippen LogP contribution in [0, 0.1) is 23.6 Å². The molecule has 2 saturated heterocycles. The number of carbonyl (C=O) groups excluding carboxylic acids is 1. The molecule has 3 atom stereocenters. The van der Waals surface area contributed by atoms with Gasteiger partial charge in [-0.25, -0.2) is 14.4 Å². The van der Waals surface area contributed by atoms with E-state index in [4.69, 9.17) is 14.2 Å². The van der Waals surface area contributed by atoms with Crippen molar-refractivity contribution in [2.24, 2.45) is 17.8 Å². The van der Waals surface area contributed by atoms with E-state index in [1.165, 1.54) is 12.5 Å². The first-order valence-corrected chi connectivity index (χ1v) is 14.2. The average molecular weight is 545 g/mol. The summed E-state index contributed by atoms with van der Waals surface area (Å²) in [5.74, 6) is 3.06. The van der Waals surface area contributed by atoms with Gasteiger partial charge in [0, 0.05) is 62.9 Å². The molecule has 1 amide bonds. The Balaban J connectivity index is 1.03. The predicted molar refractivity (Wildman–Crippen MR) is 146 cm³/mol. The summed E-state index contributed by atoms with van der Waals surface area (Å²) in [4.78, 5) is 25.6. The van der Waals surface area contributed by atoms with E-state index >= 15 is 0 Å². The molecule has 38 heavy (non-hydrogen) atoms. The van der Waals surface area contributed by atoms with Gasteiger partial charge in [0.05, 0.1) is 32.8 Å². The number of nitrogens with zero attached hydrogens (tertiary/aromatic N) is 4. The average Bonchev–Trinajstić information content (AvgIpc) is 3.71. The minimum Gasteiger partial charge on any atom is -0.493 e. The van der Waals surface area contributed by atoms with Crippen molar-refractivity contribution in [3.8, 4) is 5.75 Å². The lowest BCUT2D eigenvalue weighted by molar-refractivity contribution is -0.134. The Morgan fingerprint density at radius 3 is 2.58 bits per heavy atom. The van der Waals surface area contributed by atoms with Crippen LogP contribution < -0.4 is 14.9 Å². The van der Waals surface area contributed by atoms with Crippen molar-refractivity contribution < 1.29 is 23.4 Å². The normalized spacial score (nSPS) is 22.0. The molecule has 2 aliphatic heterocycles. The monoisotopic (exact) mass is 544 g/mol. The van der Waals surface area contributed by atoms with E-state index < -0.39 is 0 Å². The Hall–Kier alpha value is -2.35. The van der Waals surface area contributed by atoms with Crippen LogP contribution >= 0.6 is 9.24 Å². The molecule has 0 bridgehead atoms. The molecular weight excluding hydrogens is 506 g/mol. The van der Waals surface area contributed by atoms with Gasteiger partial charge in [-0.1, -0.05) is 0 Å². The number of methoxy groups -OCH3 is 1. The summed E-state index contributed by atoms with van der Waals surface area (Å²) in [6.07, 6.45) is 8.31. The molecule has 10 heteroatoms. The maximum Gasteiger partial charge on any atom is 0.227 e. The van der Waals surface area contributed by atoms with Gasteiger partial charge in [-0.05, 0) is 54.8 Å². The third kappa shape index (κ3) is 6.80. The maximum absolute atomic E-state index is 14.8. The van der Waals surface area contributed by atoms with Crippen LogP contribution in [-0.2, 0) is 27.3 Å². The van der Waals surface area contributed by atoms with Crippen molar-refractivity contribution in [2.45, 2.75) is 38.7 Å². The highest BCUT2D eigenvalue weighted by Crippen LogP contribution is 2.49. The van der Waals surface area contributed by atoms with Crippen LogP contribution in [0.1, 0.15) is 36.8 Å². The topological polar surface area (TPSA) is 77.0 Å². The predicted octanol–water partition coefficient (Wildman–Crippen LogP) is 2.99. The van der Waals surface area contributed by atoms with Gasteiger partial charge in [0.2, 0.25) is 11.9 Å². The number of hydrogen-bond donors (Lipinski definition) is 0. The first-order chi connectivity index (χ1) is 18.5. The molecule has 206 valence electrons. The summed E-state index contributed by atoms with van der Waals surface area (Å²) in [6, 6.07) is 3.24. The molecule has 1 aliphatic carbocycles. The van der Waals surface area contributed by atoms with Crippen molar-refractivity contribution in [3.63, 3.8) is 0 Å². The maximum atomic E-state index is 14.8. The molecule has 3 unspecified atom stereocenters. The summed E-state index contributed by atoms with van der Waals surface area (Å²) in [7, 11) is 4.23. The van der Waals surface area contributed by atoms with Crippen LogP contribution in [0.3, 0.4) is 0 Å². The zero-order valence-corrected chi connectivity index (χ0v) is 23.3. The lowest BCUT2D eigenvalue weighted by Gasteiger charge is -2.32. The minimum absolute atomic E-state index is 0.0543. The van der Waals surface area contributed by atoms with E-state index in [0.717, 1.165) is 55.7 Å². The molecule has 3 fully saturated rings. The van der Waals surface area contributed by atoms with Crippen molar-refractivity contribution >= 4 is 26.4 Å². The van der Waals surface area contributed by atoms with Gasteiger partial charge >= 0.3 is 0 Å². The first-order valence-electron chi connectivity index (χ1n) is 13.6. The van der Waals surface area contributed by atoms with Gasteiger partial charge in [0.1, 0.15) is 11.6 Å². The van der Waals surface area contributed by atoms with Crippen LogP contribution in [0.2, 0.25) is 0 Å². The highest BCUT2D eigenvalue weighted by molar-refractivity contribution is 7.27.